The Morgan fingerprint density at radius 2 is 1.94 bits per heavy atom. The van der Waals surface area contributed by atoms with Gasteiger partial charge in [-0.3, -0.25) is 14.5 Å². The summed E-state index contributed by atoms with van der Waals surface area (Å²) in [5.41, 5.74) is 0. The summed E-state index contributed by atoms with van der Waals surface area (Å²) in [4.78, 5) is 24.7. The summed E-state index contributed by atoms with van der Waals surface area (Å²) in [5.74, 6) is -0.00738. The van der Waals surface area contributed by atoms with Crippen molar-refractivity contribution in [2.24, 2.45) is 0 Å². The van der Waals surface area contributed by atoms with Gasteiger partial charge in [0.25, 0.3) is 0 Å². The maximum atomic E-state index is 11.8. The van der Waals surface area contributed by atoms with Gasteiger partial charge in [0.15, 0.2) is 0 Å². The van der Waals surface area contributed by atoms with Crippen LogP contribution in [0.5, 0.6) is 0 Å². The molecular formula is C13H25N3O2. The Bertz CT molecular complexity index is 281. The fraction of sp³-hybridized carbons (Fsp3) is 0.846. The molecule has 18 heavy (non-hydrogen) atoms. The van der Waals surface area contributed by atoms with Crippen LogP contribution >= 0.6 is 0 Å². The number of nitrogens with zero attached hydrogens (tertiary/aromatic N) is 1. The topological polar surface area (TPSA) is 61.4 Å². The number of carbonyl (C=O) groups excluding carboxylic acids is 2. The lowest BCUT2D eigenvalue weighted by atomic mass is 10.0. The van der Waals surface area contributed by atoms with E-state index in [4.69, 9.17) is 0 Å². The van der Waals surface area contributed by atoms with E-state index in [1.807, 2.05) is 0 Å². The molecule has 0 radical (unpaired) electrons. The predicted molar refractivity (Wildman–Crippen MR) is 71.2 cm³/mol. The van der Waals surface area contributed by atoms with Crippen molar-refractivity contribution in [2.75, 3.05) is 26.2 Å². The van der Waals surface area contributed by atoms with E-state index in [-0.39, 0.29) is 11.8 Å². The molecule has 5 nitrogen and oxygen atoms in total. The molecule has 2 N–H and O–H groups in total. The first-order valence-electron chi connectivity index (χ1n) is 6.88. The maximum absolute atomic E-state index is 11.8. The van der Waals surface area contributed by atoms with Crippen molar-refractivity contribution in [1.29, 1.82) is 0 Å². The van der Waals surface area contributed by atoms with Gasteiger partial charge >= 0.3 is 0 Å². The zero-order valence-electron chi connectivity index (χ0n) is 11.5. The van der Waals surface area contributed by atoms with Crippen LogP contribution in [0.3, 0.4) is 0 Å². The van der Waals surface area contributed by atoms with Gasteiger partial charge in [0.05, 0.1) is 6.54 Å². The minimum absolute atomic E-state index is 0.0562. The van der Waals surface area contributed by atoms with Gasteiger partial charge in [0, 0.05) is 26.1 Å². The average molecular weight is 255 g/mol. The summed E-state index contributed by atoms with van der Waals surface area (Å²) in [6, 6.07) is 0.555. The predicted octanol–water partition coefficient (Wildman–Crippen LogP) is 0.503. The molecule has 1 atom stereocenters. The smallest absolute Gasteiger partial charge is 0.234 e. The molecule has 5 heteroatoms. The number of nitrogens with one attached hydrogen (secondary N) is 2. The second-order valence-electron chi connectivity index (χ2n) is 4.86. The number of rotatable bonds is 6. The van der Waals surface area contributed by atoms with Gasteiger partial charge in [-0.1, -0.05) is 13.3 Å². The van der Waals surface area contributed by atoms with Crippen molar-refractivity contribution >= 4 is 11.8 Å². The van der Waals surface area contributed by atoms with Crippen molar-refractivity contribution < 1.29 is 9.59 Å². The Kier molecular flexibility index (Phi) is 6.72. The van der Waals surface area contributed by atoms with Crippen molar-refractivity contribution in [3.05, 3.63) is 0 Å². The third kappa shape index (κ3) is 5.49. The minimum atomic E-state index is -0.0636. The van der Waals surface area contributed by atoms with E-state index in [1.165, 1.54) is 26.2 Å². The van der Waals surface area contributed by atoms with Gasteiger partial charge in [0.1, 0.15) is 0 Å². The van der Waals surface area contributed by atoms with Crippen LogP contribution in [0.15, 0.2) is 0 Å². The average Bonchev–Trinajstić information content (AvgIpc) is 2.35. The highest BCUT2D eigenvalue weighted by Crippen LogP contribution is 2.18. The van der Waals surface area contributed by atoms with Gasteiger partial charge in [-0.2, -0.15) is 0 Å². The molecule has 1 aliphatic rings. The van der Waals surface area contributed by atoms with E-state index < -0.39 is 0 Å². The highest BCUT2D eigenvalue weighted by Gasteiger charge is 2.22. The third-order valence-corrected chi connectivity index (χ3v) is 3.39. The lowest BCUT2D eigenvalue weighted by Gasteiger charge is -2.34. The van der Waals surface area contributed by atoms with E-state index in [2.05, 4.69) is 22.5 Å². The molecule has 1 heterocycles. The maximum Gasteiger partial charge on any atom is 0.234 e. The van der Waals surface area contributed by atoms with Crippen molar-refractivity contribution in [2.45, 2.75) is 45.6 Å². The second-order valence-corrected chi connectivity index (χ2v) is 4.86. The monoisotopic (exact) mass is 255 g/mol. The fourth-order valence-corrected chi connectivity index (χ4v) is 2.41. The summed E-state index contributed by atoms with van der Waals surface area (Å²) in [6.07, 6.45) is 4.78. The lowest BCUT2D eigenvalue weighted by molar-refractivity contribution is -0.123. The van der Waals surface area contributed by atoms with E-state index in [1.54, 1.807) is 0 Å². The van der Waals surface area contributed by atoms with E-state index in [0.29, 0.717) is 25.7 Å². The van der Waals surface area contributed by atoms with E-state index in [0.717, 1.165) is 13.0 Å². The zero-order chi connectivity index (χ0) is 13.4. The Labute approximate surface area is 109 Å². The lowest BCUT2D eigenvalue weighted by Crippen LogP contribution is -2.46. The molecule has 0 bridgehead atoms. The van der Waals surface area contributed by atoms with Crippen LogP contribution < -0.4 is 10.6 Å². The van der Waals surface area contributed by atoms with E-state index in [9.17, 15) is 9.59 Å². The Morgan fingerprint density at radius 1 is 1.22 bits per heavy atom. The van der Waals surface area contributed by atoms with Gasteiger partial charge in [-0.25, -0.2) is 0 Å². The molecule has 104 valence electrons. The Balaban J connectivity index is 2.19. The number of likely N-dealkylation sites (tertiary alicyclic amines) is 1. The number of carbonyl (C=O) groups is 2. The van der Waals surface area contributed by atoms with Crippen LogP contribution in [0, 0.1) is 0 Å². The van der Waals surface area contributed by atoms with Crippen LogP contribution in [0.4, 0.5) is 0 Å². The molecular weight excluding hydrogens is 230 g/mol. The van der Waals surface area contributed by atoms with Crippen LogP contribution in [0.2, 0.25) is 0 Å². The normalized spacial score (nSPS) is 20.4. The largest absolute Gasteiger partial charge is 0.355 e. The molecule has 0 saturated carbocycles. The molecule has 1 saturated heterocycles. The first kappa shape index (κ1) is 15.0. The van der Waals surface area contributed by atoms with Crippen molar-refractivity contribution in [1.82, 2.24) is 15.5 Å². The summed E-state index contributed by atoms with van der Waals surface area (Å²) >= 11 is 0. The molecule has 0 aromatic rings. The molecule has 0 aromatic carbocycles. The molecule has 2 amide bonds. The first-order chi connectivity index (χ1) is 8.63. The highest BCUT2D eigenvalue weighted by atomic mass is 16.2. The molecule has 0 aliphatic carbocycles. The van der Waals surface area contributed by atoms with Crippen LogP contribution in [-0.4, -0.2) is 48.9 Å². The van der Waals surface area contributed by atoms with Gasteiger partial charge < -0.3 is 10.6 Å². The SMILES string of the molecule is CC[C@H]1CCCCN1CC(=O)NCCNC(C)=O. The van der Waals surface area contributed by atoms with Crippen molar-refractivity contribution in [3.63, 3.8) is 0 Å². The summed E-state index contributed by atoms with van der Waals surface area (Å²) in [6.45, 7) is 6.16. The number of amides is 2. The van der Waals surface area contributed by atoms with E-state index >= 15 is 0 Å². The van der Waals surface area contributed by atoms with Gasteiger partial charge in [0.2, 0.25) is 11.8 Å². The number of hydrogen-bond donors (Lipinski definition) is 2. The fourth-order valence-electron chi connectivity index (χ4n) is 2.41. The molecule has 1 fully saturated rings. The molecule has 1 aliphatic heterocycles. The Morgan fingerprint density at radius 3 is 2.61 bits per heavy atom. The molecule has 1 rings (SSSR count). The van der Waals surface area contributed by atoms with Crippen LogP contribution in [-0.2, 0) is 9.59 Å². The van der Waals surface area contributed by atoms with Gasteiger partial charge in [-0.05, 0) is 25.8 Å². The number of hydrogen-bond acceptors (Lipinski definition) is 3. The van der Waals surface area contributed by atoms with Crippen LogP contribution in [0.1, 0.15) is 39.5 Å². The van der Waals surface area contributed by atoms with Crippen LogP contribution in [0.25, 0.3) is 0 Å². The molecule has 0 unspecified atom stereocenters. The second kappa shape index (κ2) is 8.08. The summed E-state index contributed by atoms with van der Waals surface area (Å²) in [5, 5.41) is 5.49. The highest BCUT2D eigenvalue weighted by molar-refractivity contribution is 5.78. The zero-order valence-corrected chi connectivity index (χ0v) is 11.5. The molecule has 0 spiro atoms. The quantitative estimate of drug-likeness (QED) is 0.680. The number of piperidine rings is 1. The Hall–Kier alpha value is -1.10. The van der Waals surface area contributed by atoms with Crippen molar-refractivity contribution in [3.8, 4) is 0 Å². The van der Waals surface area contributed by atoms with Gasteiger partial charge in [-0.15, -0.1) is 0 Å². The first-order valence-corrected chi connectivity index (χ1v) is 6.88. The standard InChI is InChI=1S/C13H25N3O2/c1-3-12-6-4-5-9-16(12)10-13(18)15-8-7-14-11(2)17/h12H,3-10H2,1-2H3,(H,14,17)(H,15,18)/t12-/m0/s1. The summed E-state index contributed by atoms with van der Waals surface area (Å²) < 4.78 is 0. The molecule has 0 aromatic heterocycles. The minimum Gasteiger partial charge on any atom is -0.355 e. The third-order valence-electron chi connectivity index (χ3n) is 3.39. The summed E-state index contributed by atoms with van der Waals surface area (Å²) in [7, 11) is 0.